The largest absolute Gasteiger partial charge is 0.335 e. The molecule has 3 fully saturated rings. The molecule has 3 N–H and O–H groups in total. The summed E-state index contributed by atoms with van der Waals surface area (Å²) in [6, 6.07) is -0.0747. The van der Waals surface area contributed by atoms with Gasteiger partial charge in [0.15, 0.2) is 0 Å². The Balaban J connectivity index is 1.42. The van der Waals surface area contributed by atoms with Crippen molar-refractivity contribution >= 4 is 11.9 Å². The summed E-state index contributed by atoms with van der Waals surface area (Å²) in [7, 11) is 0. The minimum Gasteiger partial charge on any atom is -0.335 e. The van der Waals surface area contributed by atoms with Crippen LogP contribution in [0.3, 0.4) is 0 Å². The van der Waals surface area contributed by atoms with Crippen LogP contribution >= 0.6 is 0 Å². The van der Waals surface area contributed by atoms with Crippen molar-refractivity contribution in [2.75, 3.05) is 0 Å². The van der Waals surface area contributed by atoms with Gasteiger partial charge >= 0.3 is 6.03 Å². The fourth-order valence-electron chi connectivity index (χ4n) is 4.17. The van der Waals surface area contributed by atoms with Gasteiger partial charge in [0.1, 0.15) is 0 Å². The first-order valence-corrected chi connectivity index (χ1v) is 8.40. The van der Waals surface area contributed by atoms with Gasteiger partial charge in [-0.2, -0.15) is 0 Å². The van der Waals surface area contributed by atoms with Gasteiger partial charge in [0.25, 0.3) is 0 Å². The Kier molecular flexibility index (Phi) is 4.20. The van der Waals surface area contributed by atoms with E-state index in [0.29, 0.717) is 12.0 Å². The van der Waals surface area contributed by atoms with E-state index >= 15 is 0 Å². The molecule has 5 nitrogen and oxygen atoms in total. The van der Waals surface area contributed by atoms with Crippen molar-refractivity contribution in [1.29, 1.82) is 0 Å². The van der Waals surface area contributed by atoms with Gasteiger partial charge in [-0.15, -0.1) is 0 Å². The summed E-state index contributed by atoms with van der Waals surface area (Å²) in [5.74, 6) is 2.21. The fourth-order valence-corrected chi connectivity index (χ4v) is 4.17. The molecule has 0 spiro atoms. The molecule has 3 aliphatic rings. The number of carbonyl (C=O) groups excluding carboxylic acids is 2. The molecule has 3 aliphatic carbocycles. The third kappa shape index (κ3) is 3.57. The summed E-state index contributed by atoms with van der Waals surface area (Å²) in [5, 5.41) is 8.59. The molecule has 0 heterocycles. The van der Waals surface area contributed by atoms with Crippen molar-refractivity contribution in [1.82, 2.24) is 16.0 Å². The van der Waals surface area contributed by atoms with Crippen molar-refractivity contribution in [3.8, 4) is 0 Å². The molecule has 21 heavy (non-hydrogen) atoms. The fraction of sp³-hybridized carbons (Fsp3) is 0.875. The van der Waals surface area contributed by atoms with E-state index in [0.717, 1.165) is 24.7 Å². The van der Waals surface area contributed by atoms with E-state index in [9.17, 15) is 9.59 Å². The zero-order valence-electron chi connectivity index (χ0n) is 13.0. The van der Waals surface area contributed by atoms with Crippen LogP contribution < -0.4 is 16.0 Å². The molecule has 0 aromatic heterocycles. The molecule has 5 unspecified atom stereocenters. The van der Waals surface area contributed by atoms with E-state index in [4.69, 9.17) is 0 Å². The molecular weight excluding hydrogens is 266 g/mol. The Labute approximate surface area is 126 Å². The monoisotopic (exact) mass is 293 g/mol. The third-order valence-corrected chi connectivity index (χ3v) is 5.49. The molecular formula is C16H27N3O2. The molecule has 3 amide bonds. The van der Waals surface area contributed by atoms with E-state index in [1.54, 1.807) is 0 Å². The van der Waals surface area contributed by atoms with E-state index in [-0.39, 0.29) is 24.0 Å². The van der Waals surface area contributed by atoms with Crippen LogP contribution in [0.2, 0.25) is 0 Å². The Morgan fingerprint density at radius 2 is 1.81 bits per heavy atom. The van der Waals surface area contributed by atoms with Crippen molar-refractivity contribution in [3.63, 3.8) is 0 Å². The predicted molar refractivity (Wildman–Crippen MR) is 80.7 cm³/mol. The number of rotatable bonds is 5. The number of imide groups is 1. The molecule has 0 saturated heterocycles. The molecule has 0 aromatic carbocycles. The molecule has 118 valence electrons. The maximum atomic E-state index is 12.0. The smallest absolute Gasteiger partial charge is 0.321 e. The molecule has 5 heteroatoms. The average Bonchev–Trinajstić information content (AvgIpc) is 3.00. The first-order chi connectivity index (χ1) is 10.0. The van der Waals surface area contributed by atoms with Crippen LogP contribution in [0.4, 0.5) is 4.79 Å². The van der Waals surface area contributed by atoms with Gasteiger partial charge in [-0.05, 0) is 63.7 Å². The highest BCUT2D eigenvalue weighted by Gasteiger charge is 2.42. The predicted octanol–water partition coefficient (Wildman–Crippen LogP) is 1.78. The lowest BCUT2D eigenvalue weighted by molar-refractivity contribution is -0.121. The highest BCUT2D eigenvalue weighted by Crippen LogP contribution is 2.49. The van der Waals surface area contributed by atoms with Crippen molar-refractivity contribution < 1.29 is 9.59 Å². The normalized spacial score (nSPS) is 33.5. The van der Waals surface area contributed by atoms with Crippen molar-refractivity contribution in [2.24, 2.45) is 17.8 Å². The number of fused-ring (bicyclic) bond motifs is 2. The van der Waals surface area contributed by atoms with Gasteiger partial charge in [-0.1, -0.05) is 6.42 Å². The van der Waals surface area contributed by atoms with Gasteiger partial charge in [0.2, 0.25) is 5.91 Å². The second-order valence-corrected chi connectivity index (χ2v) is 7.25. The summed E-state index contributed by atoms with van der Waals surface area (Å²) in [6.07, 6.45) is 7.47. The van der Waals surface area contributed by atoms with E-state index < -0.39 is 0 Å². The number of hydrogen-bond acceptors (Lipinski definition) is 3. The standard InChI is InChI=1S/C16H27N3O2/c1-9(14-8-11-3-4-12(14)7-11)17-10(2)15(20)19-16(21)18-13-5-6-13/h9-14,17H,3-8H2,1-2H3,(H2,18,19,20,21). The molecule has 2 bridgehead atoms. The number of carbonyl (C=O) groups is 2. The van der Waals surface area contributed by atoms with Crippen LogP contribution in [-0.2, 0) is 4.79 Å². The van der Waals surface area contributed by atoms with Gasteiger partial charge in [-0.25, -0.2) is 4.79 Å². The minimum absolute atomic E-state index is 0.233. The zero-order chi connectivity index (χ0) is 15.0. The van der Waals surface area contributed by atoms with Crippen LogP contribution in [-0.4, -0.2) is 30.1 Å². The Bertz CT molecular complexity index is 422. The zero-order valence-corrected chi connectivity index (χ0v) is 13.0. The van der Waals surface area contributed by atoms with Crippen LogP contribution in [0.15, 0.2) is 0 Å². The van der Waals surface area contributed by atoms with Crippen LogP contribution in [0, 0.1) is 17.8 Å². The lowest BCUT2D eigenvalue weighted by atomic mass is 9.84. The van der Waals surface area contributed by atoms with Crippen LogP contribution in [0.1, 0.15) is 52.4 Å². The first-order valence-electron chi connectivity index (χ1n) is 8.40. The van der Waals surface area contributed by atoms with Gasteiger partial charge in [0, 0.05) is 12.1 Å². The maximum Gasteiger partial charge on any atom is 0.321 e. The minimum atomic E-state index is -0.358. The highest BCUT2D eigenvalue weighted by atomic mass is 16.2. The number of nitrogens with one attached hydrogen (secondary N) is 3. The highest BCUT2D eigenvalue weighted by molar-refractivity contribution is 5.96. The van der Waals surface area contributed by atoms with E-state index in [1.807, 2.05) is 6.92 Å². The number of urea groups is 1. The summed E-state index contributed by atoms with van der Waals surface area (Å²) < 4.78 is 0. The molecule has 0 radical (unpaired) electrons. The van der Waals surface area contributed by atoms with Gasteiger partial charge < -0.3 is 10.6 Å². The van der Waals surface area contributed by atoms with Crippen molar-refractivity contribution in [3.05, 3.63) is 0 Å². The Morgan fingerprint density at radius 1 is 1.05 bits per heavy atom. The van der Waals surface area contributed by atoms with Crippen molar-refractivity contribution in [2.45, 2.75) is 70.5 Å². The first kappa shape index (κ1) is 14.8. The second kappa shape index (κ2) is 5.95. The second-order valence-electron chi connectivity index (χ2n) is 7.25. The van der Waals surface area contributed by atoms with Gasteiger partial charge in [0.05, 0.1) is 6.04 Å². The molecule has 0 aromatic rings. The number of hydrogen-bond donors (Lipinski definition) is 3. The molecule has 5 atom stereocenters. The Morgan fingerprint density at radius 3 is 2.38 bits per heavy atom. The van der Waals surface area contributed by atoms with Gasteiger partial charge in [-0.3, -0.25) is 10.1 Å². The lowest BCUT2D eigenvalue weighted by Crippen LogP contribution is -2.52. The maximum absolute atomic E-state index is 12.0. The molecule has 3 saturated carbocycles. The van der Waals surface area contributed by atoms with E-state index in [1.165, 1.54) is 25.7 Å². The molecule has 0 aliphatic heterocycles. The topological polar surface area (TPSA) is 70.2 Å². The molecule has 3 rings (SSSR count). The summed E-state index contributed by atoms with van der Waals surface area (Å²) >= 11 is 0. The quantitative estimate of drug-likeness (QED) is 0.723. The summed E-state index contributed by atoms with van der Waals surface area (Å²) in [4.78, 5) is 23.6. The van der Waals surface area contributed by atoms with Crippen LogP contribution in [0.5, 0.6) is 0 Å². The number of amides is 3. The van der Waals surface area contributed by atoms with Crippen LogP contribution in [0.25, 0.3) is 0 Å². The Hall–Kier alpha value is -1.10. The SMILES string of the molecule is CC(NC(C)C1CC2CCC1C2)C(=O)NC(=O)NC1CC1. The third-order valence-electron chi connectivity index (χ3n) is 5.49. The summed E-state index contributed by atoms with van der Waals surface area (Å²) in [6.45, 7) is 4.02. The summed E-state index contributed by atoms with van der Waals surface area (Å²) in [5.41, 5.74) is 0. The van der Waals surface area contributed by atoms with E-state index in [2.05, 4.69) is 22.9 Å². The lowest BCUT2D eigenvalue weighted by Gasteiger charge is -2.30. The average molecular weight is 293 g/mol.